The van der Waals surface area contributed by atoms with Gasteiger partial charge < -0.3 is 0 Å². The van der Waals surface area contributed by atoms with Gasteiger partial charge in [-0.15, -0.1) is 0 Å². The molecule has 1 spiro atoms. The summed E-state index contributed by atoms with van der Waals surface area (Å²) in [6.45, 7) is 0. The fraction of sp³-hybridized carbons (Fsp3) is 0.0189. The van der Waals surface area contributed by atoms with Crippen molar-refractivity contribution in [2.75, 3.05) is 0 Å². The molecule has 0 saturated carbocycles. The molecule has 0 radical (unpaired) electrons. The Morgan fingerprint density at radius 3 is 1.36 bits per heavy atom. The quantitative estimate of drug-likeness (QED) is 0.175. The van der Waals surface area contributed by atoms with E-state index in [1.807, 2.05) is 96.7 Å². The molecule has 11 rings (SSSR count). The third-order valence-corrected chi connectivity index (χ3v) is 12.6. The van der Waals surface area contributed by atoms with Crippen LogP contribution in [0, 0.1) is 11.3 Å². The highest BCUT2D eigenvalue weighted by Crippen LogP contribution is 2.62. The van der Waals surface area contributed by atoms with E-state index in [4.69, 9.17) is 15.0 Å². The molecule has 0 N–H and O–H groups in total. The minimum absolute atomic E-state index is 0.496. The lowest BCUT2D eigenvalue weighted by atomic mass is 9.67. The fourth-order valence-electron chi connectivity index (χ4n) is 8.84. The average molecular weight is 757 g/mol. The molecule has 270 valence electrons. The van der Waals surface area contributed by atoms with E-state index < -0.39 is 5.41 Å². The molecule has 1 aliphatic heterocycles. The number of fused-ring (bicyclic) bond motifs is 9. The van der Waals surface area contributed by atoms with Crippen molar-refractivity contribution in [3.05, 3.63) is 222 Å². The molecule has 1 aromatic heterocycles. The fourth-order valence-corrected chi connectivity index (χ4v) is 10.0. The maximum atomic E-state index is 10.1. The topological polar surface area (TPSA) is 62.5 Å². The number of hydrogen-bond donors (Lipinski definition) is 0. The first-order chi connectivity index (χ1) is 28.7. The molecule has 9 aromatic rings. The van der Waals surface area contributed by atoms with Gasteiger partial charge in [0.2, 0.25) is 0 Å². The predicted molar refractivity (Wildman–Crippen MR) is 233 cm³/mol. The first kappa shape index (κ1) is 33.9. The van der Waals surface area contributed by atoms with Crippen LogP contribution in [0.2, 0.25) is 0 Å². The summed E-state index contributed by atoms with van der Waals surface area (Å²) in [5, 5.41) is 10.1. The normalized spacial score (nSPS) is 12.9. The summed E-state index contributed by atoms with van der Waals surface area (Å²) in [6.07, 6.45) is 0. The van der Waals surface area contributed by atoms with E-state index in [9.17, 15) is 5.26 Å². The van der Waals surface area contributed by atoms with E-state index in [1.165, 1.54) is 43.2 Å². The Morgan fingerprint density at radius 2 is 0.793 bits per heavy atom. The van der Waals surface area contributed by atoms with Gasteiger partial charge in [-0.3, -0.25) is 0 Å². The van der Waals surface area contributed by atoms with Crippen molar-refractivity contribution in [3.8, 4) is 73.6 Å². The minimum Gasteiger partial charge on any atom is -0.208 e. The van der Waals surface area contributed by atoms with Gasteiger partial charge in [0.15, 0.2) is 17.5 Å². The van der Waals surface area contributed by atoms with Crippen molar-refractivity contribution in [2.45, 2.75) is 15.2 Å². The first-order valence-electron chi connectivity index (χ1n) is 19.3. The zero-order chi connectivity index (χ0) is 38.6. The van der Waals surface area contributed by atoms with Gasteiger partial charge >= 0.3 is 0 Å². The van der Waals surface area contributed by atoms with Crippen LogP contribution in [-0.4, -0.2) is 15.0 Å². The monoisotopic (exact) mass is 756 g/mol. The number of benzene rings is 8. The zero-order valence-electron chi connectivity index (χ0n) is 31.2. The first-order valence-corrected chi connectivity index (χ1v) is 20.1. The molecule has 58 heavy (non-hydrogen) atoms. The SMILES string of the molecule is N#Cc1ccccc1-c1ccc2c(c1)-c1cc(-c3ccc(-c4nc(-c5ccccc5)nc(-c5ccccc5)n4)cc3)ccc1C21c2ccccc2Sc2ccccc21. The van der Waals surface area contributed by atoms with Crippen molar-refractivity contribution in [3.63, 3.8) is 0 Å². The molecular weight excluding hydrogens is 725 g/mol. The van der Waals surface area contributed by atoms with Gasteiger partial charge in [0.05, 0.1) is 17.0 Å². The lowest BCUT2D eigenvalue weighted by Gasteiger charge is -2.39. The molecule has 5 heteroatoms. The van der Waals surface area contributed by atoms with Gasteiger partial charge in [-0.1, -0.05) is 176 Å². The Morgan fingerprint density at radius 1 is 0.362 bits per heavy atom. The van der Waals surface area contributed by atoms with Crippen LogP contribution >= 0.6 is 11.8 Å². The van der Waals surface area contributed by atoms with Crippen LogP contribution < -0.4 is 0 Å². The highest BCUT2D eigenvalue weighted by Gasteiger charge is 2.50. The van der Waals surface area contributed by atoms with Gasteiger partial charge in [-0.25, -0.2) is 15.0 Å². The Kier molecular flexibility index (Phi) is 7.99. The highest BCUT2D eigenvalue weighted by atomic mass is 32.2. The van der Waals surface area contributed by atoms with Crippen LogP contribution in [0.1, 0.15) is 27.8 Å². The molecular formula is C53H32N4S. The van der Waals surface area contributed by atoms with Crippen molar-refractivity contribution in [2.24, 2.45) is 0 Å². The number of aromatic nitrogens is 3. The lowest BCUT2D eigenvalue weighted by molar-refractivity contribution is 0.722. The molecule has 2 heterocycles. The third kappa shape index (κ3) is 5.34. The molecule has 0 saturated heterocycles. The van der Waals surface area contributed by atoms with Crippen LogP contribution in [0.15, 0.2) is 204 Å². The number of rotatable bonds is 5. The Bertz CT molecular complexity index is 2990. The smallest absolute Gasteiger partial charge is 0.164 e. The Balaban J connectivity index is 1.07. The van der Waals surface area contributed by atoms with Crippen molar-refractivity contribution >= 4 is 11.8 Å². The molecule has 0 bridgehead atoms. The molecule has 2 aliphatic rings. The van der Waals surface area contributed by atoms with E-state index in [-0.39, 0.29) is 0 Å². The van der Waals surface area contributed by atoms with Gasteiger partial charge in [-0.05, 0) is 86.0 Å². The van der Waals surface area contributed by atoms with Crippen LogP contribution in [0.5, 0.6) is 0 Å². The number of nitriles is 1. The highest BCUT2D eigenvalue weighted by molar-refractivity contribution is 7.99. The molecule has 1 aliphatic carbocycles. The van der Waals surface area contributed by atoms with Gasteiger partial charge in [0.1, 0.15) is 0 Å². The lowest BCUT2D eigenvalue weighted by Crippen LogP contribution is -2.31. The zero-order valence-corrected chi connectivity index (χ0v) is 32.0. The summed E-state index contributed by atoms with van der Waals surface area (Å²) in [5.41, 5.74) is 14.6. The van der Waals surface area contributed by atoms with E-state index in [0.29, 0.717) is 23.0 Å². The van der Waals surface area contributed by atoms with E-state index in [0.717, 1.165) is 38.9 Å². The van der Waals surface area contributed by atoms with E-state index in [2.05, 4.69) is 115 Å². The van der Waals surface area contributed by atoms with Crippen LogP contribution in [0.4, 0.5) is 0 Å². The third-order valence-electron chi connectivity index (χ3n) is 11.5. The summed E-state index contributed by atoms with van der Waals surface area (Å²) in [5.74, 6) is 1.91. The minimum atomic E-state index is -0.496. The second kappa shape index (κ2) is 13.7. The average Bonchev–Trinajstić information content (AvgIpc) is 3.58. The summed E-state index contributed by atoms with van der Waals surface area (Å²) in [6, 6.07) is 70.5. The largest absolute Gasteiger partial charge is 0.208 e. The Hall–Kier alpha value is -7.39. The summed E-state index contributed by atoms with van der Waals surface area (Å²) >= 11 is 1.85. The molecule has 0 amide bonds. The summed E-state index contributed by atoms with van der Waals surface area (Å²) in [7, 11) is 0. The van der Waals surface area contributed by atoms with Crippen molar-refractivity contribution < 1.29 is 0 Å². The maximum absolute atomic E-state index is 10.1. The second-order valence-corrected chi connectivity index (χ2v) is 15.7. The van der Waals surface area contributed by atoms with Gasteiger partial charge in [0.25, 0.3) is 0 Å². The van der Waals surface area contributed by atoms with Crippen LogP contribution in [0.3, 0.4) is 0 Å². The number of hydrogen-bond acceptors (Lipinski definition) is 5. The predicted octanol–water partition coefficient (Wildman–Crippen LogP) is 12.9. The van der Waals surface area contributed by atoms with Gasteiger partial charge in [-0.2, -0.15) is 5.26 Å². The maximum Gasteiger partial charge on any atom is 0.164 e. The standard InChI is InChI=1S/C53H32N4S/c54-33-40-17-7-8-18-41(40)39-28-30-45-43(32-39)42-31-38(27-29-44(42)53(45)46-19-9-11-21-48(46)58-49-22-12-10-20-47(49)53)34-23-25-37(26-24-34)52-56-50(35-13-3-1-4-14-35)55-51(57-52)36-15-5-2-6-16-36/h1-32H. The number of nitrogens with zero attached hydrogens (tertiary/aromatic N) is 4. The summed E-state index contributed by atoms with van der Waals surface area (Å²) < 4.78 is 0. The van der Waals surface area contributed by atoms with Gasteiger partial charge in [0, 0.05) is 26.5 Å². The summed E-state index contributed by atoms with van der Waals surface area (Å²) in [4.78, 5) is 17.3. The van der Waals surface area contributed by atoms with Crippen LogP contribution in [-0.2, 0) is 5.41 Å². The molecule has 0 atom stereocenters. The second-order valence-electron chi connectivity index (χ2n) is 14.6. The molecule has 8 aromatic carbocycles. The van der Waals surface area contributed by atoms with E-state index >= 15 is 0 Å². The molecule has 0 fully saturated rings. The molecule has 0 unspecified atom stereocenters. The van der Waals surface area contributed by atoms with Crippen molar-refractivity contribution in [1.29, 1.82) is 5.26 Å². The van der Waals surface area contributed by atoms with Crippen LogP contribution in [0.25, 0.3) is 67.5 Å². The van der Waals surface area contributed by atoms with Crippen molar-refractivity contribution in [1.82, 2.24) is 15.0 Å². The molecule has 4 nitrogen and oxygen atoms in total. The van der Waals surface area contributed by atoms with E-state index in [1.54, 1.807) is 0 Å². The Labute approximate surface area is 341 Å².